The highest BCUT2D eigenvalue weighted by Crippen LogP contribution is 2.29. The largest absolute Gasteiger partial charge is 0.346 e. The molecule has 2 amide bonds. The Hall–Kier alpha value is -2.15. The van der Waals surface area contributed by atoms with Crippen molar-refractivity contribution in [3.05, 3.63) is 39.3 Å². The average Bonchev–Trinajstić information content (AvgIpc) is 3.24. The van der Waals surface area contributed by atoms with Gasteiger partial charge in [-0.1, -0.05) is 20.3 Å². The Morgan fingerprint density at radius 2 is 2.11 bits per heavy atom. The molecule has 144 valence electrons. The summed E-state index contributed by atoms with van der Waals surface area (Å²) in [6.07, 6.45) is 3.24. The maximum absolute atomic E-state index is 12.5. The molecular weight excluding hydrogens is 360 g/mol. The van der Waals surface area contributed by atoms with Gasteiger partial charge in [-0.05, 0) is 30.9 Å². The molecule has 1 N–H and O–H groups in total. The predicted octanol–water partition coefficient (Wildman–Crippen LogP) is 3.14. The fraction of sp³-hybridized carbons (Fsp3) is 0.550. The molecule has 0 bridgehead atoms. The van der Waals surface area contributed by atoms with Crippen molar-refractivity contribution < 1.29 is 9.59 Å². The van der Waals surface area contributed by atoms with Crippen molar-refractivity contribution in [3.63, 3.8) is 0 Å². The Kier molecular flexibility index (Phi) is 5.04. The molecule has 4 rings (SSSR count). The second kappa shape index (κ2) is 7.46. The molecule has 1 aliphatic heterocycles. The molecule has 2 aromatic rings. The standard InChI is InChI=1S/C20H26N4O2S/c1-13(2)18-8-15(12-27-18)19(25)21-10-16-9-17-11-23(6-7-24(17)22-16)20(26)14-4-3-5-14/h8-9,12-14H,3-7,10-11H2,1-2H3,(H,21,25). The van der Waals surface area contributed by atoms with Crippen LogP contribution >= 0.6 is 11.3 Å². The van der Waals surface area contributed by atoms with Crippen LogP contribution in [0.2, 0.25) is 0 Å². The topological polar surface area (TPSA) is 67.2 Å². The van der Waals surface area contributed by atoms with Crippen LogP contribution in [0, 0.1) is 5.92 Å². The highest BCUT2D eigenvalue weighted by atomic mass is 32.1. The molecule has 0 atom stereocenters. The van der Waals surface area contributed by atoms with Gasteiger partial charge in [0.2, 0.25) is 5.91 Å². The van der Waals surface area contributed by atoms with Crippen LogP contribution in [0.25, 0.3) is 0 Å². The molecule has 0 radical (unpaired) electrons. The van der Waals surface area contributed by atoms with Crippen LogP contribution in [0.15, 0.2) is 17.5 Å². The van der Waals surface area contributed by atoms with E-state index in [4.69, 9.17) is 0 Å². The minimum absolute atomic E-state index is 0.0640. The second-order valence-corrected chi connectivity index (χ2v) is 8.76. The van der Waals surface area contributed by atoms with Crippen LogP contribution in [0.5, 0.6) is 0 Å². The number of rotatable bonds is 5. The third-order valence-corrected chi connectivity index (χ3v) is 6.73. The molecular formula is C20H26N4O2S. The Morgan fingerprint density at radius 1 is 1.30 bits per heavy atom. The number of nitrogens with one attached hydrogen (secondary N) is 1. The van der Waals surface area contributed by atoms with E-state index < -0.39 is 0 Å². The van der Waals surface area contributed by atoms with Crippen LogP contribution in [-0.4, -0.2) is 33.0 Å². The SMILES string of the molecule is CC(C)c1cc(C(=O)NCc2cc3n(n2)CCN(C(=O)C2CCC2)C3)cs1. The molecule has 0 spiro atoms. The van der Waals surface area contributed by atoms with Gasteiger partial charge in [0.25, 0.3) is 5.91 Å². The van der Waals surface area contributed by atoms with Crippen LogP contribution in [0.4, 0.5) is 0 Å². The lowest BCUT2D eigenvalue weighted by molar-refractivity contribution is -0.139. The fourth-order valence-electron chi connectivity index (χ4n) is 3.56. The van der Waals surface area contributed by atoms with E-state index in [1.807, 2.05) is 27.1 Å². The van der Waals surface area contributed by atoms with E-state index in [9.17, 15) is 9.59 Å². The monoisotopic (exact) mass is 386 g/mol. The highest BCUT2D eigenvalue weighted by Gasteiger charge is 2.31. The smallest absolute Gasteiger partial charge is 0.252 e. The van der Waals surface area contributed by atoms with Gasteiger partial charge >= 0.3 is 0 Å². The zero-order valence-electron chi connectivity index (χ0n) is 15.9. The van der Waals surface area contributed by atoms with Crippen molar-refractivity contribution in [1.82, 2.24) is 20.0 Å². The lowest BCUT2D eigenvalue weighted by Gasteiger charge is -2.34. The minimum Gasteiger partial charge on any atom is -0.346 e. The molecule has 7 heteroatoms. The Balaban J connectivity index is 1.35. The van der Waals surface area contributed by atoms with Crippen LogP contribution in [-0.2, 0) is 24.4 Å². The number of hydrogen-bond donors (Lipinski definition) is 1. The van der Waals surface area contributed by atoms with E-state index in [1.54, 1.807) is 11.3 Å². The predicted molar refractivity (Wildman–Crippen MR) is 105 cm³/mol. The zero-order valence-corrected chi connectivity index (χ0v) is 16.7. The number of hydrogen-bond acceptors (Lipinski definition) is 4. The summed E-state index contributed by atoms with van der Waals surface area (Å²) in [5.41, 5.74) is 2.61. The third-order valence-electron chi connectivity index (χ3n) is 5.50. The summed E-state index contributed by atoms with van der Waals surface area (Å²) < 4.78 is 1.97. The van der Waals surface area contributed by atoms with Gasteiger partial charge in [0.1, 0.15) is 0 Å². The fourth-order valence-corrected chi connectivity index (χ4v) is 4.47. The number of nitrogens with zero attached hydrogens (tertiary/aromatic N) is 3. The van der Waals surface area contributed by atoms with E-state index >= 15 is 0 Å². The lowest BCUT2D eigenvalue weighted by Crippen LogP contribution is -2.43. The van der Waals surface area contributed by atoms with Crippen molar-refractivity contribution >= 4 is 23.2 Å². The van der Waals surface area contributed by atoms with Crippen molar-refractivity contribution in [1.29, 1.82) is 0 Å². The number of thiophene rings is 1. The molecule has 0 saturated heterocycles. The molecule has 0 aromatic carbocycles. The summed E-state index contributed by atoms with van der Waals surface area (Å²) in [5.74, 6) is 0.898. The number of carbonyl (C=O) groups is 2. The first-order valence-corrected chi connectivity index (χ1v) is 10.6. The van der Waals surface area contributed by atoms with Gasteiger partial charge in [-0.25, -0.2) is 0 Å². The number of amides is 2. The minimum atomic E-state index is -0.0640. The van der Waals surface area contributed by atoms with E-state index in [2.05, 4.69) is 24.3 Å². The number of fused-ring (bicyclic) bond motifs is 1. The molecule has 6 nitrogen and oxygen atoms in total. The lowest BCUT2D eigenvalue weighted by atomic mass is 9.84. The Bertz CT molecular complexity index is 850. The summed E-state index contributed by atoms with van der Waals surface area (Å²) in [6.45, 7) is 6.73. The van der Waals surface area contributed by atoms with Crippen molar-refractivity contribution in [3.8, 4) is 0 Å². The Morgan fingerprint density at radius 3 is 2.78 bits per heavy atom. The second-order valence-electron chi connectivity index (χ2n) is 7.81. The third kappa shape index (κ3) is 3.78. The molecule has 1 fully saturated rings. The van der Waals surface area contributed by atoms with Gasteiger partial charge in [0, 0.05) is 22.7 Å². The van der Waals surface area contributed by atoms with Gasteiger partial charge < -0.3 is 10.2 Å². The number of carbonyl (C=O) groups excluding carboxylic acids is 2. The van der Waals surface area contributed by atoms with Gasteiger partial charge in [-0.3, -0.25) is 14.3 Å². The maximum Gasteiger partial charge on any atom is 0.252 e. The normalized spacial score (nSPS) is 16.9. The molecule has 0 unspecified atom stereocenters. The van der Waals surface area contributed by atoms with Gasteiger partial charge in [-0.15, -0.1) is 11.3 Å². The summed E-state index contributed by atoms with van der Waals surface area (Å²) in [4.78, 5) is 28.0. The van der Waals surface area contributed by atoms with Crippen LogP contribution < -0.4 is 5.32 Å². The van der Waals surface area contributed by atoms with Gasteiger partial charge in [0.05, 0.1) is 36.6 Å². The van der Waals surface area contributed by atoms with E-state index in [-0.39, 0.29) is 11.8 Å². The summed E-state index contributed by atoms with van der Waals surface area (Å²) in [7, 11) is 0. The van der Waals surface area contributed by atoms with Crippen LogP contribution in [0.1, 0.15) is 65.7 Å². The molecule has 3 heterocycles. The zero-order chi connectivity index (χ0) is 19.0. The molecule has 1 aliphatic carbocycles. The first-order chi connectivity index (χ1) is 13.0. The highest BCUT2D eigenvalue weighted by molar-refractivity contribution is 7.10. The summed E-state index contributed by atoms with van der Waals surface area (Å²) in [6, 6.07) is 3.97. The Labute approximate surface area is 163 Å². The summed E-state index contributed by atoms with van der Waals surface area (Å²) >= 11 is 1.62. The van der Waals surface area contributed by atoms with Gasteiger partial charge in [0.15, 0.2) is 0 Å². The maximum atomic E-state index is 12.5. The van der Waals surface area contributed by atoms with E-state index in [0.29, 0.717) is 30.5 Å². The molecule has 27 heavy (non-hydrogen) atoms. The number of aromatic nitrogens is 2. The first kappa shape index (κ1) is 18.2. The molecule has 2 aromatic heterocycles. The van der Waals surface area contributed by atoms with Crippen molar-refractivity contribution in [2.75, 3.05) is 6.54 Å². The first-order valence-electron chi connectivity index (χ1n) is 9.72. The van der Waals surface area contributed by atoms with Crippen molar-refractivity contribution in [2.45, 2.75) is 58.7 Å². The van der Waals surface area contributed by atoms with Gasteiger partial charge in [-0.2, -0.15) is 5.10 Å². The van der Waals surface area contributed by atoms with E-state index in [0.717, 1.165) is 37.3 Å². The summed E-state index contributed by atoms with van der Waals surface area (Å²) in [5, 5.41) is 9.46. The molecule has 2 aliphatic rings. The average molecular weight is 387 g/mol. The van der Waals surface area contributed by atoms with Crippen molar-refractivity contribution in [2.24, 2.45) is 5.92 Å². The van der Waals surface area contributed by atoms with Crippen LogP contribution in [0.3, 0.4) is 0 Å². The van der Waals surface area contributed by atoms with E-state index in [1.165, 1.54) is 11.3 Å². The molecule has 1 saturated carbocycles. The quantitative estimate of drug-likeness (QED) is 0.858.